The van der Waals surface area contributed by atoms with Gasteiger partial charge in [-0.15, -0.1) is 11.3 Å². The molecule has 0 unspecified atom stereocenters. The summed E-state index contributed by atoms with van der Waals surface area (Å²) >= 11 is 1.84. The van der Waals surface area contributed by atoms with Crippen LogP contribution in [0.3, 0.4) is 0 Å². The minimum atomic E-state index is -0.872. The third-order valence-electron chi connectivity index (χ3n) is 4.30. The zero-order chi connectivity index (χ0) is 15.5. The normalized spacial score (nSPS) is 15.7. The molecule has 2 aromatic carbocycles. The average Bonchev–Trinajstić information content (AvgIpc) is 3.13. The molecule has 0 N–H and O–H groups in total. The van der Waals surface area contributed by atoms with E-state index in [1.807, 2.05) is 11.3 Å². The Kier molecular flexibility index (Phi) is 4.42. The Hall–Kier alpha value is -1.68. The van der Waals surface area contributed by atoms with E-state index in [0.29, 0.717) is 0 Å². The zero-order valence-electron chi connectivity index (χ0n) is 13.0. The SMILES string of the molecule is c1ccc(-c2ccsc2-c2ccccc2[Si]2CCCCO2)cc1. The molecule has 1 aromatic heterocycles. The molecule has 1 aliphatic rings. The smallest absolute Gasteiger partial charge is 0.247 e. The van der Waals surface area contributed by atoms with Crippen LogP contribution in [0.2, 0.25) is 6.04 Å². The number of thiophene rings is 1. The molecule has 1 radical (unpaired) electrons. The third kappa shape index (κ3) is 3.04. The van der Waals surface area contributed by atoms with Crippen LogP contribution >= 0.6 is 11.3 Å². The third-order valence-corrected chi connectivity index (χ3v) is 7.64. The number of hydrogen-bond donors (Lipinski definition) is 0. The molecule has 3 heteroatoms. The van der Waals surface area contributed by atoms with Gasteiger partial charge in [0.25, 0.3) is 0 Å². The second kappa shape index (κ2) is 6.83. The lowest BCUT2D eigenvalue weighted by Crippen LogP contribution is -2.37. The van der Waals surface area contributed by atoms with Crippen LogP contribution in [-0.2, 0) is 4.43 Å². The maximum absolute atomic E-state index is 6.15. The second-order valence-electron chi connectivity index (χ2n) is 5.80. The quantitative estimate of drug-likeness (QED) is 0.606. The summed E-state index contributed by atoms with van der Waals surface area (Å²) in [6.45, 7) is 0.929. The van der Waals surface area contributed by atoms with Crippen molar-refractivity contribution in [2.24, 2.45) is 0 Å². The highest BCUT2D eigenvalue weighted by molar-refractivity contribution is 7.14. The average molecular weight is 336 g/mol. The summed E-state index contributed by atoms with van der Waals surface area (Å²) in [6.07, 6.45) is 2.52. The first-order chi connectivity index (χ1) is 11.4. The molecule has 1 nitrogen and oxygen atoms in total. The van der Waals surface area contributed by atoms with Crippen LogP contribution in [0.1, 0.15) is 12.8 Å². The molecule has 3 aromatic rings. The first-order valence-electron chi connectivity index (χ1n) is 8.15. The molecule has 1 saturated heterocycles. The van der Waals surface area contributed by atoms with Gasteiger partial charge in [0.15, 0.2) is 0 Å². The van der Waals surface area contributed by atoms with Gasteiger partial charge in [-0.3, -0.25) is 0 Å². The monoisotopic (exact) mass is 335 g/mol. The first-order valence-corrected chi connectivity index (χ1v) is 10.6. The van der Waals surface area contributed by atoms with Crippen molar-refractivity contribution < 1.29 is 4.43 Å². The molecule has 4 rings (SSSR count). The highest BCUT2D eigenvalue weighted by atomic mass is 32.1. The van der Waals surface area contributed by atoms with Crippen LogP contribution in [0.15, 0.2) is 66.0 Å². The summed E-state index contributed by atoms with van der Waals surface area (Å²) in [7, 11) is -0.872. The first kappa shape index (κ1) is 14.9. The predicted octanol–water partition coefficient (Wildman–Crippen LogP) is 5.09. The van der Waals surface area contributed by atoms with E-state index in [1.54, 1.807) is 0 Å². The van der Waals surface area contributed by atoms with E-state index in [2.05, 4.69) is 66.0 Å². The van der Waals surface area contributed by atoms with Gasteiger partial charge in [-0.25, -0.2) is 0 Å². The lowest BCUT2D eigenvalue weighted by molar-refractivity contribution is 0.294. The lowest BCUT2D eigenvalue weighted by atomic mass is 10.0. The molecule has 1 fully saturated rings. The van der Waals surface area contributed by atoms with Crippen molar-refractivity contribution in [2.75, 3.05) is 6.61 Å². The Morgan fingerprint density at radius 1 is 0.826 bits per heavy atom. The molecule has 0 aliphatic carbocycles. The van der Waals surface area contributed by atoms with E-state index >= 15 is 0 Å². The molecule has 0 atom stereocenters. The fraction of sp³-hybridized carbons (Fsp3) is 0.200. The van der Waals surface area contributed by atoms with E-state index in [-0.39, 0.29) is 0 Å². The van der Waals surface area contributed by atoms with Crippen LogP contribution in [0.25, 0.3) is 21.6 Å². The minimum absolute atomic E-state index is 0.872. The van der Waals surface area contributed by atoms with Crippen molar-refractivity contribution in [2.45, 2.75) is 18.9 Å². The predicted molar refractivity (Wildman–Crippen MR) is 101 cm³/mol. The molecule has 0 bridgehead atoms. The van der Waals surface area contributed by atoms with Crippen molar-refractivity contribution in [1.29, 1.82) is 0 Å². The lowest BCUT2D eigenvalue weighted by Gasteiger charge is -2.22. The van der Waals surface area contributed by atoms with Gasteiger partial charge in [-0.1, -0.05) is 61.0 Å². The van der Waals surface area contributed by atoms with Crippen LogP contribution < -0.4 is 5.19 Å². The molecule has 1 aliphatic heterocycles. The second-order valence-corrected chi connectivity index (χ2v) is 8.89. The Bertz CT molecular complexity index is 775. The van der Waals surface area contributed by atoms with Gasteiger partial charge in [-0.05, 0) is 40.2 Å². The van der Waals surface area contributed by atoms with Gasteiger partial charge in [0, 0.05) is 17.0 Å². The summed E-state index contributed by atoms with van der Waals surface area (Å²) in [4.78, 5) is 1.37. The van der Waals surface area contributed by atoms with E-state index in [0.717, 1.165) is 6.61 Å². The van der Waals surface area contributed by atoms with Crippen molar-refractivity contribution in [1.82, 2.24) is 0 Å². The Morgan fingerprint density at radius 3 is 2.48 bits per heavy atom. The fourth-order valence-electron chi connectivity index (χ4n) is 3.15. The zero-order valence-corrected chi connectivity index (χ0v) is 14.8. The highest BCUT2D eigenvalue weighted by Crippen LogP contribution is 2.36. The van der Waals surface area contributed by atoms with Gasteiger partial charge >= 0.3 is 0 Å². The van der Waals surface area contributed by atoms with Gasteiger partial charge in [-0.2, -0.15) is 0 Å². The molecule has 0 saturated carbocycles. The highest BCUT2D eigenvalue weighted by Gasteiger charge is 2.24. The molecule has 2 heterocycles. The summed E-state index contributed by atoms with van der Waals surface area (Å²) < 4.78 is 6.15. The van der Waals surface area contributed by atoms with Crippen molar-refractivity contribution in [3.05, 3.63) is 66.0 Å². The van der Waals surface area contributed by atoms with Crippen LogP contribution in [0, 0.1) is 0 Å². The number of benzene rings is 2. The maximum atomic E-state index is 6.15. The number of rotatable bonds is 3. The summed E-state index contributed by atoms with van der Waals surface area (Å²) in [5, 5.41) is 3.64. The van der Waals surface area contributed by atoms with E-state index in [9.17, 15) is 0 Å². The molecule has 115 valence electrons. The van der Waals surface area contributed by atoms with E-state index < -0.39 is 9.04 Å². The van der Waals surface area contributed by atoms with E-state index in [1.165, 1.54) is 45.6 Å². The van der Waals surface area contributed by atoms with Crippen molar-refractivity contribution in [3.8, 4) is 21.6 Å². The van der Waals surface area contributed by atoms with Crippen molar-refractivity contribution in [3.63, 3.8) is 0 Å². The Balaban J connectivity index is 1.79. The molecular formula is C20H19OSSi. The van der Waals surface area contributed by atoms with Gasteiger partial charge in [0.2, 0.25) is 9.04 Å². The van der Waals surface area contributed by atoms with Gasteiger partial charge in [0.05, 0.1) is 0 Å². The van der Waals surface area contributed by atoms with Crippen LogP contribution in [0.4, 0.5) is 0 Å². The van der Waals surface area contributed by atoms with Gasteiger partial charge in [0.1, 0.15) is 0 Å². The molecular weight excluding hydrogens is 316 g/mol. The molecule has 0 spiro atoms. The summed E-state index contributed by atoms with van der Waals surface area (Å²) in [5.41, 5.74) is 4.00. The molecule has 0 amide bonds. The van der Waals surface area contributed by atoms with Crippen LogP contribution in [0.5, 0.6) is 0 Å². The summed E-state index contributed by atoms with van der Waals surface area (Å²) in [6, 6.07) is 23.0. The maximum Gasteiger partial charge on any atom is 0.247 e. The fourth-order valence-corrected chi connectivity index (χ4v) is 6.53. The van der Waals surface area contributed by atoms with Crippen LogP contribution in [-0.4, -0.2) is 15.6 Å². The topological polar surface area (TPSA) is 9.23 Å². The minimum Gasteiger partial charge on any atom is -0.412 e. The molecule has 23 heavy (non-hydrogen) atoms. The van der Waals surface area contributed by atoms with Crippen molar-refractivity contribution >= 4 is 25.6 Å². The Labute approximate surface area is 143 Å². The van der Waals surface area contributed by atoms with Gasteiger partial charge < -0.3 is 4.43 Å². The number of hydrogen-bond acceptors (Lipinski definition) is 2. The standard InChI is InChI=1S/C20H19OSSi/c1-2-8-16(9-3-1)17-12-14-22-20(17)18-10-4-5-11-19(18)23-15-7-6-13-21-23/h1-5,8-12,14H,6-7,13,15H2. The summed E-state index contributed by atoms with van der Waals surface area (Å²) in [5.74, 6) is 0. The van der Waals surface area contributed by atoms with E-state index in [4.69, 9.17) is 4.43 Å². The largest absolute Gasteiger partial charge is 0.412 e. The Morgan fingerprint density at radius 2 is 1.65 bits per heavy atom.